The van der Waals surface area contributed by atoms with E-state index >= 15 is 0 Å². The molecule has 1 amide bonds. The van der Waals surface area contributed by atoms with Crippen molar-refractivity contribution in [1.29, 1.82) is 0 Å². The van der Waals surface area contributed by atoms with Crippen LogP contribution in [0.3, 0.4) is 0 Å². The van der Waals surface area contributed by atoms with Gasteiger partial charge in [0.1, 0.15) is 0 Å². The third kappa shape index (κ3) is 4.91. The fourth-order valence-electron chi connectivity index (χ4n) is 5.69. The maximum Gasteiger partial charge on any atom is 0.417 e. The molecule has 0 bridgehead atoms. The van der Waals surface area contributed by atoms with Crippen LogP contribution in [-0.2, 0) is 33.4 Å². The molecule has 0 radical (unpaired) electrons. The highest BCUT2D eigenvalue weighted by Crippen LogP contribution is 2.47. The Hall–Kier alpha value is -1.71. The molecule has 2 fully saturated rings. The largest absolute Gasteiger partial charge is 0.417 e. The summed E-state index contributed by atoms with van der Waals surface area (Å²) in [5, 5.41) is 3.72. The zero-order valence-electron chi connectivity index (χ0n) is 19.6. The van der Waals surface area contributed by atoms with Gasteiger partial charge in [0.05, 0.1) is 23.7 Å². The van der Waals surface area contributed by atoms with Crippen molar-refractivity contribution in [1.82, 2.24) is 15.2 Å². The first-order valence-corrected chi connectivity index (χ1v) is 11.8. The summed E-state index contributed by atoms with van der Waals surface area (Å²) in [7, 11) is 1.69. The number of methoxy groups -OCH3 is 1. The van der Waals surface area contributed by atoms with E-state index in [-0.39, 0.29) is 36.6 Å². The lowest BCUT2D eigenvalue weighted by Crippen LogP contribution is -2.52. The van der Waals surface area contributed by atoms with Crippen LogP contribution in [0, 0.1) is 11.3 Å². The van der Waals surface area contributed by atoms with Gasteiger partial charge in [-0.15, -0.1) is 0 Å². The molecule has 1 saturated heterocycles. The van der Waals surface area contributed by atoms with Gasteiger partial charge in [-0.25, -0.2) is 0 Å². The highest BCUT2D eigenvalue weighted by Gasteiger charge is 2.50. The van der Waals surface area contributed by atoms with Crippen LogP contribution in [0.15, 0.2) is 12.3 Å². The number of ether oxygens (including phenoxy) is 2. The molecule has 6 nitrogen and oxygen atoms in total. The first-order chi connectivity index (χ1) is 15.6. The zero-order valence-corrected chi connectivity index (χ0v) is 19.6. The van der Waals surface area contributed by atoms with Crippen LogP contribution >= 0.6 is 0 Å². The molecule has 0 aromatic carbocycles. The van der Waals surface area contributed by atoms with Crippen molar-refractivity contribution in [2.24, 2.45) is 11.3 Å². The monoisotopic (exact) mass is 469 g/mol. The quantitative estimate of drug-likeness (QED) is 0.714. The molecule has 0 spiro atoms. The summed E-state index contributed by atoms with van der Waals surface area (Å²) < 4.78 is 50.6. The summed E-state index contributed by atoms with van der Waals surface area (Å²) >= 11 is 0. The molecule has 3 aliphatic rings. The number of hydrogen-bond donors (Lipinski definition) is 1. The lowest BCUT2D eigenvalue weighted by molar-refractivity contribution is -0.146. The highest BCUT2D eigenvalue weighted by atomic mass is 19.4. The summed E-state index contributed by atoms with van der Waals surface area (Å²) in [6, 6.07) is 1.55. The number of halogens is 3. The number of alkyl halides is 3. The Morgan fingerprint density at radius 2 is 2.15 bits per heavy atom. The summed E-state index contributed by atoms with van der Waals surface area (Å²) in [6.45, 7) is 6.09. The molecular formula is C24H34F3N3O3. The van der Waals surface area contributed by atoms with Gasteiger partial charge in [-0.2, -0.15) is 13.2 Å². The van der Waals surface area contributed by atoms with Gasteiger partial charge < -0.3 is 19.7 Å². The van der Waals surface area contributed by atoms with E-state index < -0.39 is 17.2 Å². The number of hydrogen-bond acceptors (Lipinski definition) is 5. The average molecular weight is 470 g/mol. The first kappa shape index (κ1) is 24.4. The lowest BCUT2D eigenvalue weighted by Gasteiger charge is -2.40. The van der Waals surface area contributed by atoms with Crippen LogP contribution < -0.4 is 5.32 Å². The molecule has 2 aliphatic heterocycles. The van der Waals surface area contributed by atoms with Gasteiger partial charge in [0.15, 0.2) is 0 Å². The predicted octanol–water partition coefficient (Wildman–Crippen LogP) is 3.57. The molecule has 4 atom stereocenters. The van der Waals surface area contributed by atoms with Gasteiger partial charge in [-0.3, -0.25) is 9.78 Å². The van der Waals surface area contributed by atoms with Crippen LogP contribution in [0.2, 0.25) is 0 Å². The molecule has 184 valence electrons. The van der Waals surface area contributed by atoms with Crippen molar-refractivity contribution in [3.05, 3.63) is 29.1 Å². The minimum absolute atomic E-state index is 0.00238. The van der Waals surface area contributed by atoms with Gasteiger partial charge in [-0.05, 0) is 43.2 Å². The van der Waals surface area contributed by atoms with Gasteiger partial charge in [0, 0.05) is 57.2 Å². The van der Waals surface area contributed by atoms with Gasteiger partial charge in [0.25, 0.3) is 0 Å². The number of nitrogens with one attached hydrogen (secondary N) is 1. The predicted molar refractivity (Wildman–Crippen MR) is 116 cm³/mol. The third-order valence-electron chi connectivity index (χ3n) is 7.79. The number of rotatable bonds is 5. The van der Waals surface area contributed by atoms with Crippen LogP contribution in [0.5, 0.6) is 0 Å². The maximum absolute atomic E-state index is 13.8. The highest BCUT2D eigenvalue weighted by molar-refractivity contribution is 5.83. The molecular weight excluding hydrogens is 435 g/mol. The van der Waals surface area contributed by atoms with E-state index in [0.717, 1.165) is 37.9 Å². The van der Waals surface area contributed by atoms with Crippen molar-refractivity contribution in [2.75, 3.05) is 26.9 Å². The Labute approximate surface area is 193 Å². The summed E-state index contributed by atoms with van der Waals surface area (Å²) in [5.41, 5.74) is -0.121. The molecule has 1 aliphatic carbocycles. The smallest absolute Gasteiger partial charge is 0.379 e. The summed E-state index contributed by atoms with van der Waals surface area (Å²) in [4.78, 5) is 19.6. The lowest BCUT2D eigenvalue weighted by atomic mass is 9.74. The normalized spacial score (nSPS) is 30.5. The van der Waals surface area contributed by atoms with Crippen molar-refractivity contribution < 1.29 is 27.4 Å². The summed E-state index contributed by atoms with van der Waals surface area (Å²) in [6.07, 6.45) is 0.180. The van der Waals surface area contributed by atoms with Crippen molar-refractivity contribution in [3.63, 3.8) is 0 Å². The van der Waals surface area contributed by atoms with E-state index in [1.807, 2.05) is 0 Å². The fraction of sp³-hybridized carbons (Fsp3) is 0.750. The maximum atomic E-state index is 13.8. The topological polar surface area (TPSA) is 63.7 Å². The summed E-state index contributed by atoms with van der Waals surface area (Å²) in [5.74, 6) is 0.186. The minimum atomic E-state index is -4.44. The van der Waals surface area contributed by atoms with Crippen LogP contribution in [0.25, 0.3) is 0 Å². The molecule has 1 aromatic heterocycles. The van der Waals surface area contributed by atoms with E-state index in [4.69, 9.17) is 9.47 Å². The van der Waals surface area contributed by atoms with E-state index in [9.17, 15) is 18.0 Å². The molecule has 1 N–H and O–H groups in total. The number of pyridine rings is 1. The molecule has 1 aromatic rings. The molecule has 0 unspecified atom stereocenters. The van der Waals surface area contributed by atoms with Crippen LogP contribution in [0.4, 0.5) is 13.2 Å². The molecule has 3 heterocycles. The Balaban J connectivity index is 1.48. The Morgan fingerprint density at radius 3 is 2.85 bits per heavy atom. The van der Waals surface area contributed by atoms with Gasteiger partial charge >= 0.3 is 6.18 Å². The molecule has 33 heavy (non-hydrogen) atoms. The van der Waals surface area contributed by atoms with Crippen molar-refractivity contribution in [3.8, 4) is 0 Å². The number of amides is 1. The standard InChI is InChI=1S/C24H34F3N3O3/c1-15(2)23(7-4-18(11-23)29-20-6-9-33-14-21(20)32-3)22(31)30-8-5-19-16(13-30)10-17(12-28-19)24(25,26)27/h10,12,15,18,20-21,29H,4-9,11,13-14H2,1-3H3/t18-,20-,21+,23-/m1/s1. The first-order valence-electron chi connectivity index (χ1n) is 11.8. The average Bonchev–Trinajstić information content (AvgIpc) is 3.23. The van der Waals surface area contributed by atoms with Gasteiger partial charge in [-0.1, -0.05) is 13.8 Å². The van der Waals surface area contributed by atoms with E-state index in [2.05, 4.69) is 24.1 Å². The Morgan fingerprint density at radius 1 is 1.36 bits per heavy atom. The van der Waals surface area contributed by atoms with Crippen LogP contribution in [0.1, 0.15) is 56.4 Å². The van der Waals surface area contributed by atoms with Crippen molar-refractivity contribution >= 4 is 5.91 Å². The van der Waals surface area contributed by atoms with E-state index in [1.165, 1.54) is 0 Å². The second kappa shape index (κ2) is 9.50. The minimum Gasteiger partial charge on any atom is -0.379 e. The van der Waals surface area contributed by atoms with Crippen molar-refractivity contribution in [2.45, 2.75) is 76.9 Å². The molecule has 9 heteroatoms. The molecule has 4 rings (SSSR count). The zero-order chi connectivity index (χ0) is 23.8. The fourth-order valence-corrected chi connectivity index (χ4v) is 5.69. The number of fused-ring (bicyclic) bond motifs is 1. The van der Waals surface area contributed by atoms with E-state index in [0.29, 0.717) is 37.4 Å². The Kier molecular flexibility index (Phi) is 7.03. The SMILES string of the molecule is CO[C@H]1COCC[C@H]1N[C@@H]1CC[C@](C(=O)N2CCc3ncc(C(F)(F)F)cc3C2)(C(C)C)C1. The number of nitrogens with zero attached hydrogens (tertiary/aromatic N) is 2. The van der Waals surface area contributed by atoms with Crippen LogP contribution in [-0.4, -0.2) is 60.8 Å². The Bertz CT molecular complexity index is 863. The number of carbonyl (C=O) groups is 1. The van der Waals surface area contributed by atoms with Gasteiger partial charge in [0.2, 0.25) is 5.91 Å². The second-order valence-corrected chi connectivity index (χ2v) is 9.97. The number of carbonyl (C=O) groups excluding carboxylic acids is 1. The number of aromatic nitrogens is 1. The second-order valence-electron chi connectivity index (χ2n) is 9.97. The third-order valence-corrected chi connectivity index (χ3v) is 7.79. The van der Waals surface area contributed by atoms with E-state index in [1.54, 1.807) is 12.0 Å². The molecule has 1 saturated carbocycles.